The molecule has 0 saturated carbocycles. The van der Waals surface area contributed by atoms with Crippen LogP contribution in [0.2, 0.25) is 10.0 Å². The highest BCUT2D eigenvalue weighted by Gasteiger charge is 2.18. The van der Waals surface area contributed by atoms with Crippen molar-refractivity contribution >= 4 is 29.0 Å². The summed E-state index contributed by atoms with van der Waals surface area (Å²) in [4.78, 5) is 8.95. The second kappa shape index (κ2) is 11.1. The van der Waals surface area contributed by atoms with E-state index in [0.717, 1.165) is 37.2 Å². The number of aromatic nitrogens is 5. The Balaban J connectivity index is 1.56. The number of rotatable bonds is 9. The molecule has 0 bridgehead atoms. The van der Waals surface area contributed by atoms with Crippen molar-refractivity contribution in [2.24, 2.45) is 0 Å². The first-order valence-electron chi connectivity index (χ1n) is 11.2. The predicted molar refractivity (Wildman–Crippen MR) is 142 cm³/mol. The maximum absolute atomic E-state index is 6.40. The van der Waals surface area contributed by atoms with E-state index < -0.39 is 0 Å². The molecule has 0 spiro atoms. The van der Waals surface area contributed by atoms with E-state index in [9.17, 15) is 0 Å². The molecule has 0 amide bonds. The van der Waals surface area contributed by atoms with Gasteiger partial charge < -0.3 is 15.5 Å². The van der Waals surface area contributed by atoms with Gasteiger partial charge in [0.2, 0.25) is 0 Å². The molecule has 182 valence electrons. The number of tetrazole rings is 1. The number of halogens is 2. The molecule has 0 fully saturated rings. The highest BCUT2D eigenvalue weighted by atomic mass is 35.5. The standard InChI is InChI=1S/C25H28Cl2N8/c1-33(2)12-5-13-34(3)16-17-8-10-18(11-9-17)19-14-20(24(28)29-15-19)25-30-31-32-35(25)22-7-4-6-21(26)23(22)27/h4,6-11,14-15H,5,12-13,16H2,1-3H3,(H2,28,29). The molecule has 0 aliphatic rings. The lowest BCUT2D eigenvalue weighted by Crippen LogP contribution is -2.23. The Bertz CT molecular complexity index is 1290. The summed E-state index contributed by atoms with van der Waals surface area (Å²) in [7, 11) is 6.35. The Morgan fingerprint density at radius 3 is 2.49 bits per heavy atom. The van der Waals surface area contributed by atoms with Gasteiger partial charge in [0.25, 0.3) is 0 Å². The fourth-order valence-corrected chi connectivity index (χ4v) is 4.21. The summed E-state index contributed by atoms with van der Waals surface area (Å²) in [6.07, 6.45) is 2.89. The van der Waals surface area contributed by atoms with E-state index >= 15 is 0 Å². The Kier molecular flexibility index (Phi) is 7.97. The van der Waals surface area contributed by atoms with Crippen molar-refractivity contribution in [2.75, 3.05) is 40.0 Å². The topological polar surface area (TPSA) is 89.0 Å². The van der Waals surface area contributed by atoms with Crippen LogP contribution in [0.15, 0.2) is 54.7 Å². The molecule has 2 aromatic carbocycles. The summed E-state index contributed by atoms with van der Waals surface area (Å²) in [5, 5.41) is 12.9. The molecule has 0 unspecified atom stereocenters. The van der Waals surface area contributed by atoms with Crippen LogP contribution in [0.4, 0.5) is 5.82 Å². The number of nitrogens with zero attached hydrogens (tertiary/aromatic N) is 7. The number of nitrogens with two attached hydrogens (primary N) is 1. The lowest BCUT2D eigenvalue weighted by atomic mass is 10.0. The lowest BCUT2D eigenvalue weighted by molar-refractivity contribution is 0.294. The first-order valence-corrected chi connectivity index (χ1v) is 12.0. The minimum atomic E-state index is 0.318. The number of anilines is 1. The van der Waals surface area contributed by atoms with E-state index in [1.807, 2.05) is 6.07 Å². The minimum Gasteiger partial charge on any atom is -0.383 e. The van der Waals surface area contributed by atoms with Gasteiger partial charge in [-0.05, 0) is 80.4 Å². The van der Waals surface area contributed by atoms with Crippen LogP contribution in [0.1, 0.15) is 12.0 Å². The van der Waals surface area contributed by atoms with Crippen LogP contribution in [-0.4, -0.2) is 69.2 Å². The Hall–Kier alpha value is -3.04. The zero-order valence-corrected chi connectivity index (χ0v) is 21.5. The molecule has 0 aliphatic carbocycles. The van der Waals surface area contributed by atoms with Crippen LogP contribution in [0.5, 0.6) is 0 Å². The van der Waals surface area contributed by atoms with Gasteiger partial charge in [-0.2, -0.15) is 4.68 Å². The zero-order chi connectivity index (χ0) is 24.9. The number of benzene rings is 2. The summed E-state index contributed by atoms with van der Waals surface area (Å²) < 4.78 is 1.51. The third-order valence-electron chi connectivity index (χ3n) is 5.67. The molecule has 10 heteroatoms. The van der Waals surface area contributed by atoms with E-state index in [4.69, 9.17) is 28.9 Å². The van der Waals surface area contributed by atoms with E-state index in [2.05, 4.69) is 75.7 Å². The van der Waals surface area contributed by atoms with Crippen molar-refractivity contribution in [1.29, 1.82) is 0 Å². The highest BCUT2D eigenvalue weighted by Crippen LogP contribution is 2.33. The fraction of sp³-hybridized carbons (Fsp3) is 0.280. The fourth-order valence-electron chi connectivity index (χ4n) is 3.84. The van der Waals surface area contributed by atoms with Crippen LogP contribution in [-0.2, 0) is 6.54 Å². The lowest BCUT2D eigenvalue weighted by Gasteiger charge is -2.18. The van der Waals surface area contributed by atoms with Gasteiger partial charge in [0.05, 0.1) is 21.3 Å². The molecule has 8 nitrogen and oxygen atoms in total. The third kappa shape index (κ3) is 5.97. The molecule has 4 aromatic rings. The van der Waals surface area contributed by atoms with Crippen LogP contribution in [0.25, 0.3) is 28.2 Å². The molecule has 0 aliphatic heterocycles. The smallest absolute Gasteiger partial charge is 0.190 e. The summed E-state index contributed by atoms with van der Waals surface area (Å²) in [6.45, 7) is 3.03. The van der Waals surface area contributed by atoms with Gasteiger partial charge in [-0.1, -0.05) is 53.5 Å². The summed E-state index contributed by atoms with van der Waals surface area (Å²) in [6, 6.07) is 15.7. The molecule has 0 saturated heterocycles. The maximum Gasteiger partial charge on any atom is 0.190 e. The SMILES string of the molecule is CN(C)CCCN(C)Cc1ccc(-c2cnc(N)c(-c3nnnn3-c3cccc(Cl)c3Cl)c2)cc1. The molecule has 0 atom stereocenters. The summed E-state index contributed by atoms with van der Waals surface area (Å²) in [5.74, 6) is 0.746. The number of hydrogen-bond donors (Lipinski definition) is 1. The Morgan fingerprint density at radius 2 is 1.74 bits per heavy atom. The van der Waals surface area contributed by atoms with Gasteiger partial charge in [0, 0.05) is 18.3 Å². The Morgan fingerprint density at radius 1 is 0.971 bits per heavy atom. The number of pyridine rings is 1. The van der Waals surface area contributed by atoms with E-state index in [1.165, 1.54) is 10.2 Å². The first kappa shape index (κ1) is 25.1. The molecular formula is C25H28Cl2N8. The van der Waals surface area contributed by atoms with Crippen molar-refractivity contribution in [3.05, 3.63) is 70.3 Å². The van der Waals surface area contributed by atoms with E-state index in [1.54, 1.807) is 24.4 Å². The van der Waals surface area contributed by atoms with Crippen molar-refractivity contribution < 1.29 is 0 Å². The van der Waals surface area contributed by atoms with Gasteiger partial charge in [-0.25, -0.2) is 4.98 Å². The summed E-state index contributed by atoms with van der Waals surface area (Å²) >= 11 is 12.6. The largest absolute Gasteiger partial charge is 0.383 e. The van der Waals surface area contributed by atoms with Crippen molar-refractivity contribution in [3.63, 3.8) is 0 Å². The molecule has 2 heterocycles. The summed E-state index contributed by atoms with van der Waals surface area (Å²) in [5.41, 5.74) is 10.6. The van der Waals surface area contributed by atoms with E-state index in [-0.39, 0.29) is 0 Å². The van der Waals surface area contributed by atoms with Gasteiger partial charge in [0.15, 0.2) is 5.82 Å². The average Bonchev–Trinajstić information content (AvgIpc) is 3.31. The molecule has 35 heavy (non-hydrogen) atoms. The van der Waals surface area contributed by atoms with Gasteiger partial charge in [0.1, 0.15) is 5.82 Å². The van der Waals surface area contributed by atoms with Crippen LogP contribution < -0.4 is 5.73 Å². The Labute approximate surface area is 215 Å². The average molecular weight is 511 g/mol. The normalized spacial score (nSPS) is 11.5. The van der Waals surface area contributed by atoms with Crippen molar-refractivity contribution in [3.8, 4) is 28.2 Å². The second-order valence-electron chi connectivity index (χ2n) is 8.74. The molecule has 4 rings (SSSR count). The molecule has 2 N–H and O–H groups in total. The van der Waals surface area contributed by atoms with Gasteiger partial charge >= 0.3 is 0 Å². The number of nitrogen functional groups attached to an aromatic ring is 1. The molecule has 2 aromatic heterocycles. The maximum atomic E-state index is 6.40. The van der Waals surface area contributed by atoms with Crippen molar-refractivity contribution in [1.82, 2.24) is 35.0 Å². The zero-order valence-electron chi connectivity index (χ0n) is 20.0. The second-order valence-corrected chi connectivity index (χ2v) is 9.52. The minimum absolute atomic E-state index is 0.318. The van der Waals surface area contributed by atoms with Crippen molar-refractivity contribution in [2.45, 2.75) is 13.0 Å². The number of hydrogen-bond acceptors (Lipinski definition) is 7. The van der Waals surface area contributed by atoms with Crippen LogP contribution in [0.3, 0.4) is 0 Å². The predicted octanol–water partition coefficient (Wildman–Crippen LogP) is 4.66. The highest BCUT2D eigenvalue weighted by molar-refractivity contribution is 6.43. The van der Waals surface area contributed by atoms with Crippen LogP contribution >= 0.6 is 23.2 Å². The van der Waals surface area contributed by atoms with E-state index in [0.29, 0.717) is 32.9 Å². The van der Waals surface area contributed by atoms with Crippen LogP contribution in [0, 0.1) is 0 Å². The monoisotopic (exact) mass is 510 g/mol. The quantitative estimate of drug-likeness (QED) is 0.350. The van der Waals surface area contributed by atoms with Gasteiger partial charge in [-0.15, -0.1) is 5.10 Å². The molecular weight excluding hydrogens is 483 g/mol. The third-order valence-corrected chi connectivity index (χ3v) is 6.48. The molecule has 0 radical (unpaired) electrons. The first-order chi connectivity index (χ1) is 16.8. The van der Waals surface area contributed by atoms with Gasteiger partial charge in [-0.3, -0.25) is 0 Å².